The summed E-state index contributed by atoms with van der Waals surface area (Å²) in [6, 6.07) is 16.4. The highest BCUT2D eigenvalue weighted by Crippen LogP contribution is 2.24. The van der Waals surface area contributed by atoms with Gasteiger partial charge in [-0.2, -0.15) is 0 Å². The van der Waals surface area contributed by atoms with Crippen molar-refractivity contribution in [1.82, 2.24) is 4.90 Å². The molecule has 146 valence electrons. The van der Waals surface area contributed by atoms with Crippen molar-refractivity contribution in [3.05, 3.63) is 81.5 Å². The third-order valence-electron chi connectivity index (χ3n) is 4.27. The number of hydrogen-bond donors (Lipinski definition) is 0. The highest BCUT2D eigenvalue weighted by Gasteiger charge is 2.21. The van der Waals surface area contributed by atoms with Crippen molar-refractivity contribution in [2.45, 2.75) is 11.4 Å². The number of benzene rings is 2. The van der Waals surface area contributed by atoms with Crippen LogP contribution in [-0.2, 0) is 16.6 Å². The number of nitrogens with zero attached hydrogens (tertiary/aromatic N) is 2. The smallest absolute Gasteiger partial charge is 0.264 e. The van der Waals surface area contributed by atoms with Gasteiger partial charge in [0.15, 0.2) is 0 Å². The number of thiophene rings is 1. The van der Waals surface area contributed by atoms with Crippen LogP contribution in [0, 0.1) is 0 Å². The van der Waals surface area contributed by atoms with Crippen molar-refractivity contribution >= 4 is 44.6 Å². The number of sulfonamides is 1. The lowest BCUT2D eigenvalue weighted by atomic mass is 10.2. The number of amides is 1. The molecule has 2 aromatic carbocycles. The number of halogens is 1. The maximum Gasteiger partial charge on any atom is 0.264 e. The van der Waals surface area contributed by atoms with Crippen molar-refractivity contribution in [1.29, 1.82) is 0 Å². The van der Waals surface area contributed by atoms with Gasteiger partial charge in [0.05, 0.1) is 17.1 Å². The van der Waals surface area contributed by atoms with Crippen LogP contribution in [0.1, 0.15) is 15.2 Å². The van der Waals surface area contributed by atoms with Gasteiger partial charge in [-0.05, 0) is 60.0 Å². The van der Waals surface area contributed by atoms with E-state index in [0.29, 0.717) is 22.8 Å². The molecule has 0 aliphatic rings. The van der Waals surface area contributed by atoms with Gasteiger partial charge in [0.1, 0.15) is 0 Å². The molecule has 0 saturated heterocycles. The van der Waals surface area contributed by atoms with Crippen molar-refractivity contribution in [2.24, 2.45) is 0 Å². The summed E-state index contributed by atoms with van der Waals surface area (Å²) in [7, 11) is -0.493. The SMILES string of the molecule is CN(Cc1cccs1)C(=O)c1ccc(N(C)S(=O)(=O)c2ccc(Cl)cc2)cc1. The molecule has 0 aliphatic heterocycles. The Morgan fingerprint density at radius 2 is 1.64 bits per heavy atom. The van der Waals surface area contributed by atoms with E-state index in [2.05, 4.69) is 0 Å². The van der Waals surface area contributed by atoms with Crippen LogP contribution in [0.3, 0.4) is 0 Å². The van der Waals surface area contributed by atoms with E-state index in [1.807, 2.05) is 17.5 Å². The van der Waals surface area contributed by atoms with E-state index in [0.717, 1.165) is 4.88 Å². The van der Waals surface area contributed by atoms with Crippen LogP contribution >= 0.6 is 22.9 Å². The molecule has 0 saturated carbocycles. The minimum Gasteiger partial charge on any atom is -0.337 e. The topological polar surface area (TPSA) is 57.7 Å². The Bertz CT molecular complexity index is 1050. The first-order valence-corrected chi connectivity index (χ1v) is 11.1. The zero-order chi connectivity index (χ0) is 20.3. The van der Waals surface area contributed by atoms with Crippen molar-refractivity contribution in [2.75, 3.05) is 18.4 Å². The van der Waals surface area contributed by atoms with Crippen LogP contribution in [-0.4, -0.2) is 33.3 Å². The Morgan fingerprint density at radius 1 is 1.00 bits per heavy atom. The Balaban J connectivity index is 1.76. The molecule has 0 unspecified atom stereocenters. The maximum atomic E-state index is 12.8. The summed E-state index contributed by atoms with van der Waals surface area (Å²) in [6.07, 6.45) is 0. The van der Waals surface area contributed by atoms with Crippen molar-refractivity contribution < 1.29 is 13.2 Å². The summed E-state index contributed by atoms with van der Waals surface area (Å²) in [5.74, 6) is -0.122. The fourth-order valence-corrected chi connectivity index (χ4v) is 4.72. The molecule has 0 N–H and O–H groups in total. The van der Waals surface area contributed by atoms with E-state index in [9.17, 15) is 13.2 Å². The fourth-order valence-electron chi connectivity index (χ4n) is 2.65. The molecule has 28 heavy (non-hydrogen) atoms. The lowest BCUT2D eigenvalue weighted by Crippen LogP contribution is -2.27. The van der Waals surface area contributed by atoms with Crippen LogP contribution < -0.4 is 4.31 Å². The zero-order valence-corrected chi connectivity index (χ0v) is 17.8. The normalized spacial score (nSPS) is 11.2. The average molecular weight is 435 g/mol. The molecule has 3 rings (SSSR count). The second-order valence-electron chi connectivity index (χ2n) is 6.21. The third-order valence-corrected chi connectivity index (χ3v) is 7.18. The minimum absolute atomic E-state index is 0.122. The van der Waals surface area contributed by atoms with Gasteiger partial charge < -0.3 is 4.90 Å². The zero-order valence-electron chi connectivity index (χ0n) is 15.4. The van der Waals surface area contributed by atoms with Crippen LogP contribution in [0.25, 0.3) is 0 Å². The summed E-state index contributed by atoms with van der Waals surface area (Å²) < 4.78 is 26.7. The third kappa shape index (κ3) is 4.38. The minimum atomic E-state index is -3.71. The maximum absolute atomic E-state index is 12.8. The molecule has 1 aromatic heterocycles. The molecule has 0 radical (unpaired) electrons. The monoisotopic (exact) mass is 434 g/mol. The first-order chi connectivity index (χ1) is 13.3. The van der Waals surface area contributed by atoms with Crippen LogP contribution in [0.15, 0.2) is 70.9 Å². The number of rotatable bonds is 6. The molecule has 0 atom stereocenters. The van der Waals surface area contributed by atoms with Crippen molar-refractivity contribution in [3.8, 4) is 0 Å². The number of hydrogen-bond acceptors (Lipinski definition) is 4. The van der Waals surface area contributed by atoms with Crippen molar-refractivity contribution in [3.63, 3.8) is 0 Å². The van der Waals surface area contributed by atoms with E-state index in [1.54, 1.807) is 47.5 Å². The van der Waals surface area contributed by atoms with E-state index in [-0.39, 0.29) is 10.8 Å². The number of carbonyl (C=O) groups is 1. The van der Waals surface area contributed by atoms with E-state index in [4.69, 9.17) is 11.6 Å². The molecule has 5 nitrogen and oxygen atoms in total. The van der Waals surface area contributed by atoms with Gasteiger partial charge in [-0.25, -0.2) is 8.42 Å². The second-order valence-corrected chi connectivity index (χ2v) is 9.65. The quantitative estimate of drug-likeness (QED) is 0.574. The standard InChI is InChI=1S/C20H19ClN2O3S2/c1-22(14-18-4-3-13-27-18)20(24)15-5-9-17(10-6-15)23(2)28(25,26)19-11-7-16(21)8-12-19/h3-13H,14H2,1-2H3. The summed E-state index contributed by atoms with van der Waals surface area (Å²) in [4.78, 5) is 15.5. The first kappa shape index (κ1) is 20.4. The first-order valence-electron chi connectivity index (χ1n) is 8.41. The highest BCUT2D eigenvalue weighted by atomic mass is 35.5. The second kappa shape index (κ2) is 8.34. The number of carbonyl (C=O) groups excluding carboxylic acids is 1. The van der Waals surface area contributed by atoms with Gasteiger partial charge in [0.2, 0.25) is 0 Å². The number of anilines is 1. The van der Waals surface area contributed by atoms with Gasteiger partial charge >= 0.3 is 0 Å². The molecule has 8 heteroatoms. The molecule has 1 amide bonds. The summed E-state index contributed by atoms with van der Waals surface area (Å²) in [5, 5.41) is 2.44. The Hall–Kier alpha value is -2.35. The molecular formula is C20H19ClN2O3S2. The summed E-state index contributed by atoms with van der Waals surface area (Å²) >= 11 is 7.43. The van der Waals surface area contributed by atoms with E-state index < -0.39 is 10.0 Å². The Labute approximate surface area is 173 Å². The highest BCUT2D eigenvalue weighted by molar-refractivity contribution is 7.92. The van der Waals surface area contributed by atoms with Gasteiger partial charge in [0.25, 0.3) is 15.9 Å². The Morgan fingerprint density at radius 3 is 2.21 bits per heavy atom. The molecule has 1 heterocycles. The molecule has 3 aromatic rings. The predicted octanol–water partition coefficient (Wildman–Crippen LogP) is 4.50. The molecule has 0 fully saturated rings. The van der Waals surface area contributed by atoms with E-state index >= 15 is 0 Å². The van der Waals surface area contributed by atoms with Crippen LogP contribution in [0.2, 0.25) is 5.02 Å². The van der Waals surface area contributed by atoms with Gasteiger partial charge in [-0.15, -0.1) is 11.3 Å². The van der Waals surface area contributed by atoms with Gasteiger partial charge in [-0.1, -0.05) is 17.7 Å². The molecular weight excluding hydrogens is 416 g/mol. The average Bonchev–Trinajstić information content (AvgIpc) is 3.20. The lowest BCUT2D eigenvalue weighted by Gasteiger charge is -2.20. The molecule has 0 spiro atoms. The molecule has 0 bridgehead atoms. The largest absolute Gasteiger partial charge is 0.337 e. The lowest BCUT2D eigenvalue weighted by molar-refractivity contribution is 0.0786. The van der Waals surface area contributed by atoms with Crippen LogP contribution in [0.4, 0.5) is 5.69 Å². The van der Waals surface area contributed by atoms with Crippen LogP contribution in [0.5, 0.6) is 0 Å². The van der Waals surface area contributed by atoms with Gasteiger partial charge in [-0.3, -0.25) is 9.10 Å². The van der Waals surface area contributed by atoms with Gasteiger partial charge in [0, 0.05) is 29.6 Å². The summed E-state index contributed by atoms with van der Waals surface area (Å²) in [5.41, 5.74) is 0.965. The van der Waals surface area contributed by atoms with E-state index in [1.165, 1.54) is 35.6 Å². The predicted molar refractivity (Wildman–Crippen MR) is 114 cm³/mol. The fraction of sp³-hybridized carbons (Fsp3) is 0.150. The summed E-state index contributed by atoms with van der Waals surface area (Å²) in [6.45, 7) is 0.531. The Kier molecular flexibility index (Phi) is 6.07. The molecule has 0 aliphatic carbocycles.